The third kappa shape index (κ3) is 6.45. The third-order valence-corrected chi connectivity index (χ3v) is 6.47. The molecule has 1 atom stereocenters. The van der Waals surface area contributed by atoms with Gasteiger partial charge in [0.15, 0.2) is 5.96 Å². The van der Waals surface area contributed by atoms with Gasteiger partial charge in [-0.2, -0.15) is 0 Å². The Labute approximate surface area is 213 Å². The zero-order chi connectivity index (χ0) is 22.3. The highest BCUT2D eigenvalue weighted by Gasteiger charge is 2.34. The second-order valence-corrected chi connectivity index (χ2v) is 8.76. The summed E-state index contributed by atoms with van der Waals surface area (Å²) in [6, 6.07) is 7.05. The average molecular weight is 569 g/mol. The molecule has 0 radical (unpaired) electrons. The van der Waals surface area contributed by atoms with Crippen molar-refractivity contribution in [2.45, 2.75) is 26.2 Å². The summed E-state index contributed by atoms with van der Waals surface area (Å²) < 4.78 is 5.46. The van der Waals surface area contributed by atoms with Crippen molar-refractivity contribution in [2.24, 2.45) is 10.9 Å². The molecule has 4 rings (SSSR count). The van der Waals surface area contributed by atoms with Crippen LogP contribution in [0.3, 0.4) is 0 Å². The zero-order valence-electron chi connectivity index (χ0n) is 19.5. The fourth-order valence-electron chi connectivity index (χ4n) is 4.76. The van der Waals surface area contributed by atoms with E-state index in [1.807, 2.05) is 0 Å². The summed E-state index contributed by atoms with van der Waals surface area (Å²) >= 11 is 0. The molecule has 33 heavy (non-hydrogen) atoms. The predicted molar refractivity (Wildman–Crippen MR) is 139 cm³/mol. The highest BCUT2D eigenvalue weighted by Crippen LogP contribution is 2.23. The monoisotopic (exact) mass is 569 g/mol. The Morgan fingerprint density at radius 3 is 2.45 bits per heavy atom. The molecular weight excluding hydrogens is 533 g/mol. The van der Waals surface area contributed by atoms with Crippen molar-refractivity contribution >= 4 is 41.8 Å². The van der Waals surface area contributed by atoms with Crippen molar-refractivity contribution in [1.82, 2.24) is 20.0 Å². The van der Waals surface area contributed by atoms with Gasteiger partial charge in [-0.25, -0.2) is 0 Å². The number of guanidine groups is 1. The van der Waals surface area contributed by atoms with E-state index in [1.165, 1.54) is 11.3 Å². The first-order chi connectivity index (χ1) is 15.7. The second-order valence-electron chi connectivity index (χ2n) is 8.76. The summed E-state index contributed by atoms with van der Waals surface area (Å²) in [6.07, 6.45) is 2.79. The smallest absolute Gasteiger partial charge is 0.261 e. The number of halogens is 1. The molecule has 182 valence electrons. The maximum Gasteiger partial charge on any atom is 0.261 e. The van der Waals surface area contributed by atoms with Crippen LogP contribution in [0.5, 0.6) is 0 Å². The molecule has 1 unspecified atom stereocenters. The molecule has 1 N–H and O–H groups in total. The minimum absolute atomic E-state index is 0. The van der Waals surface area contributed by atoms with Gasteiger partial charge < -0.3 is 15.0 Å². The van der Waals surface area contributed by atoms with Gasteiger partial charge in [0, 0.05) is 52.4 Å². The number of nitrogens with one attached hydrogen (secondary N) is 1. The first-order valence-corrected chi connectivity index (χ1v) is 12.0. The Hall–Kier alpha value is -1.72. The Morgan fingerprint density at radius 1 is 1.09 bits per heavy atom. The molecule has 0 aliphatic carbocycles. The van der Waals surface area contributed by atoms with Crippen molar-refractivity contribution in [1.29, 1.82) is 0 Å². The molecule has 3 aliphatic heterocycles. The van der Waals surface area contributed by atoms with Crippen LogP contribution in [0.1, 0.15) is 46.9 Å². The molecule has 8 nitrogen and oxygen atoms in total. The van der Waals surface area contributed by atoms with Gasteiger partial charge in [0.2, 0.25) is 0 Å². The zero-order valence-corrected chi connectivity index (χ0v) is 21.8. The van der Waals surface area contributed by atoms with E-state index in [1.54, 1.807) is 24.3 Å². The first kappa shape index (κ1) is 25.9. The number of ether oxygens (including phenoxy) is 1. The van der Waals surface area contributed by atoms with E-state index in [0.717, 1.165) is 71.3 Å². The van der Waals surface area contributed by atoms with E-state index in [9.17, 15) is 9.59 Å². The van der Waals surface area contributed by atoms with Gasteiger partial charge in [-0.15, -0.1) is 24.0 Å². The van der Waals surface area contributed by atoms with Gasteiger partial charge in [0.05, 0.1) is 24.3 Å². The van der Waals surface area contributed by atoms with Crippen molar-refractivity contribution in [2.75, 3.05) is 65.6 Å². The van der Waals surface area contributed by atoms with Crippen LogP contribution in [-0.4, -0.2) is 98.0 Å². The van der Waals surface area contributed by atoms with Gasteiger partial charge in [-0.1, -0.05) is 12.1 Å². The van der Waals surface area contributed by atoms with Crippen LogP contribution in [0.2, 0.25) is 0 Å². The Bertz CT molecular complexity index is 808. The molecule has 0 spiro atoms. The quantitative estimate of drug-likeness (QED) is 0.170. The van der Waals surface area contributed by atoms with E-state index >= 15 is 0 Å². The summed E-state index contributed by atoms with van der Waals surface area (Å²) in [5.74, 6) is 1.31. The van der Waals surface area contributed by atoms with Crippen molar-refractivity contribution in [3.8, 4) is 0 Å². The number of unbranched alkanes of at least 4 members (excludes halogenated alkanes) is 1. The number of amides is 2. The molecule has 9 heteroatoms. The van der Waals surface area contributed by atoms with Crippen molar-refractivity contribution in [3.63, 3.8) is 0 Å². The first-order valence-electron chi connectivity index (χ1n) is 12.0. The van der Waals surface area contributed by atoms with Gasteiger partial charge in [-0.3, -0.25) is 24.4 Å². The molecule has 0 saturated carbocycles. The number of carbonyl (C=O) groups excluding carboxylic acids is 2. The van der Waals surface area contributed by atoms with Crippen molar-refractivity contribution in [3.05, 3.63) is 35.4 Å². The number of morpholine rings is 1. The van der Waals surface area contributed by atoms with Gasteiger partial charge >= 0.3 is 0 Å². The number of nitrogens with zero attached hydrogens (tertiary/aromatic N) is 4. The molecule has 2 amide bonds. The van der Waals surface area contributed by atoms with E-state index in [4.69, 9.17) is 9.73 Å². The largest absolute Gasteiger partial charge is 0.379 e. The van der Waals surface area contributed by atoms with Crippen molar-refractivity contribution < 1.29 is 14.3 Å². The van der Waals surface area contributed by atoms with E-state index < -0.39 is 0 Å². The SMILES string of the molecule is CCNC(=NCCCCN1C(=O)c2ccccc2C1=O)N1CCC(CN2CCOCC2)C1.I. The lowest BCUT2D eigenvalue weighted by Crippen LogP contribution is -2.42. The number of hydrogen-bond donors (Lipinski definition) is 1. The molecule has 2 saturated heterocycles. The highest BCUT2D eigenvalue weighted by molar-refractivity contribution is 14.0. The Kier molecular flexibility index (Phi) is 9.94. The number of carbonyl (C=O) groups is 2. The summed E-state index contributed by atoms with van der Waals surface area (Å²) in [7, 11) is 0. The third-order valence-electron chi connectivity index (χ3n) is 6.47. The topological polar surface area (TPSA) is 77.5 Å². The average Bonchev–Trinajstić information content (AvgIpc) is 3.37. The summed E-state index contributed by atoms with van der Waals surface area (Å²) in [4.78, 5) is 36.0. The van der Waals surface area contributed by atoms with Crippen LogP contribution in [0.15, 0.2) is 29.3 Å². The van der Waals surface area contributed by atoms with Crippen LogP contribution < -0.4 is 5.32 Å². The minimum atomic E-state index is -0.175. The molecule has 3 heterocycles. The van der Waals surface area contributed by atoms with E-state index in [0.29, 0.717) is 30.1 Å². The fourth-order valence-corrected chi connectivity index (χ4v) is 4.76. The van der Waals surface area contributed by atoms with Crippen LogP contribution in [-0.2, 0) is 4.74 Å². The van der Waals surface area contributed by atoms with Gasteiger partial charge in [0.1, 0.15) is 0 Å². The standard InChI is InChI=1S/C24H35N5O3.HI/c1-2-25-24(28-12-9-19(18-28)17-27-13-15-32-16-14-27)26-10-5-6-11-29-22(30)20-7-3-4-8-21(20)23(29)31;/h3-4,7-8,19H,2,5-6,9-18H2,1H3,(H,25,26);1H. The Balaban J connectivity index is 0.00000306. The molecule has 2 fully saturated rings. The second kappa shape index (κ2) is 12.7. The van der Waals surface area contributed by atoms with Crippen LogP contribution in [0, 0.1) is 5.92 Å². The number of imide groups is 1. The molecular formula is C24H36IN5O3. The number of hydrogen-bond acceptors (Lipinski definition) is 5. The number of benzene rings is 1. The molecule has 0 bridgehead atoms. The number of likely N-dealkylation sites (tertiary alicyclic amines) is 1. The fraction of sp³-hybridized carbons (Fsp3) is 0.625. The van der Waals surface area contributed by atoms with Gasteiger partial charge in [-0.05, 0) is 44.2 Å². The van der Waals surface area contributed by atoms with Crippen LogP contribution >= 0.6 is 24.0 Å². The van der Waals surface area contributed by atoms with E-state index in [-0.39, 0.29) is 35.8 Å². The summed E-state index contributed by atoms with van der Waals surface area (Å²) in [5.41, 5.74) is 1.04. The normalized spacial score (nSPS) is 21.4. The molecule has 1 aromatic carbocycles. The number of aliphatic imine (C=N–C) groups is 1. The molecule has 1 aromatic rings. The maximum absolute atomic E-state index is 12.5. The van der Waals surface area contributed by atoms with Crippen LogP contribution in [0.4, 0.5) is 0 Å². The molecule has 3 aliphatic rings. The van der Waals surface area contributed by atoms with Crippen LogP contribution in [0.25, 0.3) is 0 Å². The Morgan fingerprint density at radius 2 is 1.79 bits per heavy atom. The lowest BCUT2D eigenvalue weighted by molar-refractivity contribution is 0.0315. The minimum Gasteiger partial charge on any atom is -0.379 e. The predicted octanol–water partition coefficient (Wildman–Crippen LogP) is 2.30. The summed E-state index contributed by atoms with van der Waals surface area (Å²) in [5, 5.41) is 3.43. The molecule has 0 aromatic heterocycles. The number of fused-ring (bicyclic) bond motifs is 1. The lowest BCUT2D eigenvalue weighted by atomic mass is 10.1. The summed E-state index contributed by atoms with van der Waals surface area (Å²) in [6.45, 7) is 11.1. The number of rotatable bonds is 8. The van der Waals surface area contributed by atoms with E-state index in [2.05, 4.69) is 22.0 Å². The lowest BCUT2D eigenvalue weighted by Gasteiger charge is -2.29. The highest BCUT2D eigenvalue weighted by atomic mass is 127. The maximum atomic E-state index is 12.5. The van der Waals surface area contributed by atoms with Gasteiger partial charge in [0.25, 0.3) is 11.8 Å².